The summed E-state index contributed by atoms with van der Waals surface area (Å²) in [5.41, 5.74) is 3.44. The molecule has 6 heteroatoms. The van der Waals surface area contributed by atoms with Crippen LogP contribution < -0.4 is 0 Å². The van der Waals surface area contributed by atoms with E-state index in [0.717, 1.165) is 31.5 Å². The standard InChI is InChI=1S/C22H21ClN4O/c23-19-7-3-1-6-17(19)22-26-25-21(28-22)14-27-11-9-15(10-12-27)18-13-24-20-8-4-2-5-16(18)20/h1-8,13,15,24H,9-12,14H2. The minimum atomic E-state index is 0.481. The van der Waals surface area contributed by atoms with Gasteiger partial charge in [-0.25, -0.2) is 0 Å². The number of H-pyrrole nitrogens is 1. The fraction of sp³-hybridized carbons (Fsp3) is 0.273. The molecule has 0 aliphatic carbocycles. The Kier molecular flexibility index (Phi) is 4.63. The van der Waals surface area contributed by atoms with Gasteiger partial charge in [0, 0.05) is 17.1 Å². The Morgan fingerprint density at radius 3 is 2.68 bits per heavy atom. The minimum Gasteiger partial charge on any atom is -0.419 e. The van der Waals surface area contributed by atoms with E-state index in [0.29, 0.717) is 29.3 Å². The lowest BCUT2D eigenvalue weighted by Gasteiger charge is -2.30. The molecule has 0 atom stereocenters. The van der Waals surface area contributed by atoms with Crippen molar-refractivity contribution < 1.29 is 4.42 Å². The van der Waals surface area contributed by atoms with E-state index in [9.17, 15) is 0 Å². The second kappa shape index (κ2) is 7.41. The molecule has 2 aromatic heterocycles. The largest absolute Gasteiger partial charge is 0.419 e. The zero-order valence-electron chi connectivity index (χ0n) is 15.4. The molecule has 0 radical (unpaired) electrons. The average Bonchev–Trinajstić information content (AvgIpc) is 3.36. The maximum Gasteiger partial charge on any atom is 0.249 e. The molecule has 142 valence electrons. The highest BCUT2D eigenvalue weighted by Gasteiger charge is 2.24. The Morgan fingerprint density at radius 1 is 1.04 bits per heavy atom. The van der Waals surface area contributed by atoms with Crippen LogP contribution in [-0.4, -0.2) is 33.2 Å². The topological polar surface area (TPSA) is 58.0 Å². The maximum atomic E-state index is 6.23. The third-order valence-electron chi connectivity index (χ3n) is 5.58. The lowest BCUT2D eigenvalue weighted by atomic mass is 9.89. The SMILES string of the molecule is Clc1ccccc1-c1nnc(CN2CCC(c3c[nH]c4ccccc34)CC2)o1. The van der Waals surface area contributed by atoms with Gasteiger partial charge in [0.1, 0.15) is 0 Å². The first-order valence-electron chi connectivity index (χ1n) is 9.63. The van der Waals surface area contributed by atoms with E-state index in [1.54, 1.807) is 0 Å². The van der Waals surface area contributed by atoms with E-state index in [1.165, 1.54) is 16.5 Å². The predicted molar refractivity (Wildman–Crippen MR) is 110 cm³/mol. The molecule has 5 nitrogen and oxygen atoms in total. The van der Waals surface area contributed by atoms with Crippen molar-refractivity contribution in [3.8, 4) is 11.5 Å². The molecule has 5 rings (SSSR count). The Morgan fingerprint density at radius 2 is 1.82 bits per heavy atom. The fourth-order valence-electron chi connectivity index (χ4n) is 4.09. The van der Waals surface area contributed by atoms with Crippen molar-refractivity contribution in [3.63, 3.8) is 0 Å². The van der Waals surface area contributed by atoms with Crippen molar-refractivity contribution in [2.45, 2.75) is 25.3 Å². The third kappa shape index (κ3) is 3.32. The molecule has 1 aliphatic heterocycles. The summed E-state index contributed by atoms with van der Waals surface area (Å²) in [4.78, 5) is 5.79. The summed E-state index contributed by atoms with van der Waals surface area (Å²) in [5, 5.41) is 10.4. The molecule has 0 spiro atoms. The van der Waals surface area contributed by atoms with E-state index < -0.39 is 0 Å². The summed E-state index contributed by atoms with van der Waals surface area (Å²) in [5.74, 6) is 1.71. The molecule has 2 aromatic carbocycles. The van der Waals surface area contributed by atoms with E-state index in [2.05, 4.69) is 50.5 Å². The van der Waals surface area contributed by atoms with Gasteiger partial charge in [0.2, 0.25) is 11.8 Å². The van der Waals surface area contributed by atoms with E-state index in [4.69, 9.17) is 16.0 Å². The molecule has 1 saturated heterocycles. The van der Waals surface area contributed by atoms with Gasteiger partial charge >= 0.3 is 0 Å². The molecule has 0 saturated carbocycles. The highest BCUT2D eigenvalue weighted by molar-refractivity contribution is 6.33. The fourth-order valence-corrected chi connectivity index (χ4v) is 4.30. The first kappa shape index (κ1) is 17.5. The molecule has 28 heavy (non-hydrogen) atoms. The number of fused-ring (bicyclic) bond motifs is 1. The summed E-state index contributed by atoms with van der Waals surface area (Å²) in [6, 6.07) is 16.1. The quantitative estimate of drug-likeness (QED) is 0.515. The number of hydrogen-bond donors (Lipinski definition) is 1. The molecule has 0 amide bonds. The van der Waals surface area contributed by atoms with Gasteiger partial charge in [-0.3, -0.25) is 4.90 Å². The normalized spacial score (nSPS) is 16.0. The zero-order chi connectivity index (χ0) is 18.9. The van der Waals surface area contributed by atoms with Gasteiger partial charge in [0.05, 0.1) is 17.1 Å². The van der Waals surface area contributed by atoms with Crippen LogP contribution in [0.25, 0.3) is 22.4 Å². The van der Waals surface area contributed by atoms with Crippen molar-refractivity contribution in [3.05, 3.63) is 71.2 Å². The average molecular weight is 393 g/mol. The number of benzene rings is 2. The van der Waals surface area contributed by atoms with Gasteiger partial charge < -0.3 is 9.40 Å². The number of hydrogen-bond acceptors (Lipinski definition) is 4. The smallest absolute Gasteiger partial charge is 0.249 e. The first-order chi connectivity index (χ1) is 13.8. The van der Waals surface area contributed by atoms with Crippen molar-refractivity contribution in [1.82, 2.24) is 20.1 Å². The second-order valence-corrected chi connectivity index (χ2v) is 7.73. The maximum absolute atomic E-state index is 6.23. The summed E-state index contributed by atoms with van der Waals surface area (Å²) in [7, 11) is 0. The van der Waals surface area contributed by atoms with Crippen LogP contribution in [0.3, 0.4) is 0 Å². The van der Waals surface area contributed by atoms with E-state index >= 15 is 0 Å². The number of likely N-dealkylation sites (tertiary alicyclic amines) is 1. The first-order valence-corrected chi connectivity index (χ1v) is 10.0. The van der Waals surface area contributed by atoms with Crippen LogP contribution in [0.2, 0.25) is 5.02 Å². The highest BCUT2D eigenvalue weighted by Crippen LogP contribution is 2.33. The Labute approximate surface area is 168 Å². The number of aromatic nitrogens is 3. The number of aromatic amines is 1. The van der Waals surface area contributed by atoms with Gasteiger partial charge in [-0.1, -0.05) is 41.9 Å². The lowest BCUT2D eigenvalue weighted by molar-refractivity contribution is 0.188. The molecule has 0 bridgehead atoms. The summed E-state index contributed by atoms with van der Waals surface area (Å²) < 4.78 is 5.86. The van der Waals surface area contributed by atoms with Crippen LogP contribution in [0.5, 0.6) is 0 Å². The lowest BCUT2D eigenvalue weighted by Crippen LogP contribution is -2.32. The molecular weight excluding hydrogens is 372 g/mol. The van der Waals surface area contributed by atoms with Gasteiger partial charge in [0.25, 0.3) is 0 Å². The van der Waals surface area contributed by atoms with Crippen molar-refractivity contribution in [1.29, 1.82) is 0 Å². The van der Waals surface area contributed by atoms with Crippen molar-refractivity contribution in [2.75, 3.05) is 13.1 Å². The molecule has 0 unspecified atom stereocenters. The number of rotatable bonds is 4. The highest BCUT2D eigenvalue weighted by atomic mass is 35.5. The summed E-state index contributed by atoms with van der Waals surface area (Å²) >= 11 is 6.23. The molecular formula is C22H21ClN4O. The number of nitrogens with one attached hydrogen (secondary N) is 1. The molecule has 1 N–H and O–H groups in total. The number of para-hydroxylation sites is 1. The number of halogens is 1. The second-order valence-electron chi connectivity index (χ2n) is 7.32. The van der Waals surface area contributed by atoms with Crippen LogP contribution >= 0.6 is 11.6 Å². The van der Waals surface area contributed by atoms with Crippen molar-refractivity contribution in [2.24, 2.45) is 0 Å². The number of piperidine rings is 1. The number of nitrogens with zero attached hydrogens (tertiary/aromatic N) is 3. The van der Waals surface area contributed by atoms with E-state index in [-0.39, 0.29) is 0 Å². The van der Waals surface area contributed by atoms with Crippen LogP contribution in [0, 0.1) is 0 Å². The van der Waals surface area contributed by atoms with Crippen LogP contribution in [0.4, 0.5) is 0 Å². The molecule has 1 aliphatic rings. The van der Waals surface area contributed by atoms with Crippen LogP contribution in [0.1, 0.15) is 30.2 Å². The van der Waals surface area contributed by atoms with E-state index in [1.807, 2.05) is 24.3 Å². The summed E-state index contributed by atoms with van der Waals surface area (Å²) in [6.45, 7) is 2.72. The monoisotopic (exact) mass is 392 g/mol. The molecule has 1 fully saturated rings. The Hall–Kier alpha value is -2.63. The summed E-state index contributed by atoms with van der Waals surface area (Å²) in [6.07, 6.45) is 4.44. The van der Waals surface area contributed by atoms with Crippen LogP contribution in [0.15, 0.2) is 59.1 Å². The Balaban J connectivity index is 1.24. The zero-order valence-corrected chi connectivity index (χ0v) is 16.2. The van der Waals surface area contributed by atoms with Gasteiger partial charge in [-0.2, -0.15) is 0 Å². The van der Waals surface area contributed by atoms with Crippen LogP contribution in [-0.2, 0) is 6.54 Å². The van der Waals surface area contributed by atoms with Gasteiger partial charge in [-0.05, 0) is 55.6 Å². The molecule has 4 aromatic rings. The third-order valence-corrected chi connectivity index (χ3v) is 5.91. The Bertz CT molecular complexity index is 1090. The molecule has 3 heterocycles. The predicted octanol–water partition coefficient (Wildman–Crippen LogP) is 5.25. The van der Waals surface area contributed by atoms with Gasteiger partial charge in [-0.15, -0.1) is 10.2 Å². The van der Waals surface area contributed by atoms with Gasteiger partial charge in [0.15, 0.2) is 0 Å². The minimum absolute atomic E-state index is 0.481. The van der Waals surface area contributed by atoms with Crippen molar-refractivity contribution >= 4 is 22.5 Å².